The number of rotatable bonds is 3. The van der Waals surface area contributed by atoms with Crippen LogP contribution in [-0.2, 0) is 9.53 Å². The number of urea groups is 1. The predicted octanol–water partition coefficient (Wildman–Crippen LogP) is 1.86. The summed E-state index contributed by atoms with van der Waals surface area (Å²) in [5.41, 5.74) is 0.543. The molecule has 0 unspecified atom stereocenters. The van der Waals surface area contributed by atoms with Crippen molar-refractivity contribution in [2.24, 2.45) is 5.92 Å². The topological polar surface area (TPSA) is 89.8 Å². The zero-order valence-corrected chi connectivity index (χ0v) is 16.5. The van der Waals surface area contributed by atoms with Gasteiger partial charge in [0.05, 0.1) is 18.6 Å². The Labute approximate surface area is 165 Å². The molecule has 0 radical (unpaired) electrons. The zero-order chi connectivity index (χ0) is 20.1. The summed E-state index contributed by atoms with van der Waals surface area (Å²) in [6, 6.07) is 5.90. The monoisotopic (exact) mass is 385 g/mol. The van der Waals surface area contributed by atoms with Crippen LogP contribution < -0.4 is 4.90 Å². The fraction of sp³-hybridized carbons (Fsp3) is 0.600. The minimum Gasteiger partial charge on any atom is -0.469 e. The first-order valence-electron chi connectivity index (χ1n) is 9.74. The van der Waals surface area contributed by atoms with Crippen molar-refractivity contribution in [2.45, 2.75) is 31.7 Å². The van der Waals surface area contributed by atoms with Gasteiger partial charge in [-0.25, -0.2) is 9.78 Å². The molecule has 1 aliphatic heterocycles. The van der Waals surface area contributed by atoms with Crippen molar-refractivity contribution < 1.29 is 14.3 Å². The Hall–Kier alpha value is -2.82. The summed E-state index contributed by atoms with van der Waals surface area (Å²) in [5, 5.41) is 8.87. The van der Waals surface area contributed by atoms with Gasteiger partial charge in [0.2, 0.25) is 0 Å². The molecular weight excluding hydrogens is 358 g/mol. The molecule has 0 atom stereocenters. The molecule has 150 valence electrons. The number of hydrogen-bond acceptors (Lipinski definition) is 6. The van der Waals surface area contributed by atoms with Crippen molar-refractivity contribution in [3.05, 3.63) is 23.9 Å². The number of nitrogens with zero attached hydrogens (tertiary/aromatic N) is 5. The number of aromatic nitrogens is 1. The van der Waals surface area contributed by atoms with Crippen molar-refractivity contribution in [1.82, 2.24) is 14.8 Å². The van der Waals surface area contributed by atoms with Gasteiger partial charge in [-0.2, -0.15) is 5.26 Å². The standard InChI is InChI=1S/C20H27N5O3/c1-23(17-6-4-16(5-7-17)19(26)28-2)20(27)25-11-9-24(10-12-25)18-8-3-15(13-21)14-22-18/h3,8,14,16-17H,4-7,9-12H2,1-2H3/t16-,17-. The molecule has 0 aromatic carbocycles. The molecule has 1 saturated carbocycles. The summed E-state index contributed by atoms with van der Waals surface area (Å²) in [7, 11) is 3.29. The van der Waals surface area contributed by atoms with E-state index in [4.69, 9.17) is 10.00 Å². The van der Waals surface area contributed by atoms with Crippen molar-refractivity contribution in [3.8, 4) is 6.07 Å². The minimum atomic E-state index is -0.139. The Kier molecular flexibility index (Phi) is 6.34. The van der Waals surface area contributed by atoms with E-state index in [0.29, 0.717) is 31.7 Å². The summed E-state index contributed by atoms with van der Waals surface area (Å²) >= 11 is 0. The van der Waals surface area contributed by atoms with Crippen LogP contribution in [0.5, 0.6) is 0 Å². The molecule has 8 nitrogen and oxygen atoms in total. The van der Waals surface area contributed by atoms with E-state index in [2.05, 4.69) is 16.0 Å². The third kappa shape index (κ3) is 4.35. The maximum Gasteiger partial charge on any atom is 0.320 e. The third-order valence-electron chi connectivity index (χ3n) is 5.83. The Morgan fingerprint density at radius 1 is 1.18 bits per heavy atom. The number of hydrogen-bond donors (Lipinski definition) is 0. The van der Waals surface area contributed by atoms with Crippen LogP contribution in [-0.4, -0.2) is 73.2 Å². The molecule has 2 aliphatic rings. The number of nitriles is 1. The molecule has 1 saturated heterocycles. The van der Waals surface area contributed by atoms with Crippen molar-refractivity contribution in [2.75, 3.05) is 45.2 Å². The third-order valence-corrected chi connectivity index (χ3v) is 5.83. The van der Waals surface area contributed by atoms with E-state index < -0.39 is 0 Å². The lowest BCUT2D eigenvalue weighted by Crippen LogP contribution is -2.54. The number of amides is 2. The number of esters is 1. The Bertz CT molecular complexity index is 729. The lowest BCUT2D eigenvalue weighted by Gasteiger charge is -2.40. The molecule has 0 bridgehead atoms. The lowest BCUT2D eigenvalue weighted by molar-refractivity contribution is -0.146. The molecule has 1 aromatic heterocycles. The predicted molar refractivity (Wildman–Crippen MR) is 104 cm³/mol. The van der Waals surface area contributed by atoms with Crippen molar-refractivity contribution in [1.29, 1.82) is 5.26 Å². The highest BCUT2D eigenvalue weighted by molar-refractivity contribution is 5.75. The van der Waals surface area contributed by atoms with Gasteiger partial charge in [-0.05, 0) is 37.8 Å². The smallest absolute Gasteiger partial charge is 0.320 e. The molecule has 1 aromatic rings. The summed E-state index contributed by atoms with van der Waals surface area (Å²) in [6.07, 6.45) is 4.78. The van der Waals surface area contributed by atoms with E-state index in [9.17, 15) is 9.59 Å². The highest BCUT2D eigenvalue weighted by atomic mass is 16.5. The van der Waals surface area contributed by atoms with Crippen molar-refractivity contribution >= 4 is 17.8 Å². The van der Waals surface area contributed by atoms with Crippen LogP contribution in [0, 0.1) is 17.2 Å². The van der Waals surface area contributed by atoms with Gasteiger partial charge in [-0.1, -0.05) is 0 Å². The first kappa shape index (κ1) is 19.9. The molecule has 2 fully saturated rings. The minimum absolute atomic E-state index is 0.0341. The van der Waals surface area contributed by atoms with Gasteiger partial charge in [0.15, 0.2) is 0 Å². The number of carbonyl (C=O) groups excluding carboxylic acids is 2. The van der Waals surface area contributed by atoms with Crippen molar-refractivity contribution in [3.63, 3.8) is 0 Å². The van der Waals surface area contributed by atoms with Crippen LogP contribution in [0.1, 0.15) is 31.2 Å². The molecule has 2 amide bonds. The van der Waals surface area contributed by atoms with E-state index in [0.717, 1.165) is 31.5 Å². The maximum absolute atomic E-state index is 12.9. The lowest BCUT2D eigenvalue weighted by atomic mass is 9.85. The zero-order valence-electron chi connectivity index (χ0n) is 16.5. The van der Waals surface area contributed by atoms with Gasteiger partial charge in [0.25, 0.3) is 0 Å². The van der Waals surface area contributed by atoms with E-state index in [1.54, 1.807) is 12.3 Å². The molecular formula is C20H27N5O3. The average Bonchev–Trinajstić information content (AvgIpc) is 2.78. The fourth-order valence-corrected chi connectivity index (χ4v) is 4.01. The van der Waals surface area contributed by atoms with Gasteiger partial charge in [0.1, 0.15) is 11.9 Å². The first-order chi connectivity index (χ1) is 13.5. The summed E-state index contributed by atoms with van der Waals surface area (Å²) in [6.45, 7) is 2.71. The largest absolute Gasteiger partial charge is 0.469 e. The van der Waals surface area contributed by atoms with Crippen LogP contribution in [0.15, 0.2) is 18.3 Å². The van der Waals surface area contributed by atoms with Crippen LogP contribution in [0.4, 0.5) is 10.6 Å². The quantitative estimate of drug-likeness (QED) is 0.738. The Morgan fingerprint density at radius 3 is 2.39 bits per heavy atom. The van der Waals surface area contributed by atoms with Gasteiger partial charge >= 0.3 is 12.0 Å². The summed E-state index contributed by atoms with van der Waals surface area (Å²) in [5.74, 6) is 0.661. The van der Waals surface area contributed by atoms with Crippen LogP contribution >= 0.6 is 0 Å². The summed E-state index contributed by atoms with van der Waals surface area (Å²) in [4.78, 5) is 34.7. The summed E-state index contributed by atoms with van der Waals surface area (Å²) < 4.78 is 4.83. The molecule has 2 heterocycles. The molecule has 0 spiro atoms. The second-order valence-corrected chi connectivity index (χ2v) is 7.41. The van der Waals surface area contributed by atoms with Gasteiger partial charge in [-0.15, -0.1) is 0 Å². The van der Waals surface area contributed by atoms with Crippen LogP contribution in [0.25, 0.3) is 0 Å². The fourth-order valence-electron chi connectivity index (χ4n) is 4.01. The number of piperazine rings is 1. The van der Waals surface area contributed by atoms with E-state index in [-0.39, 0.29) is 24.0 Å². The van der Waals surface area contributed by atoms with Crippen LogP contribution in [0.2, 0.25) is 0 Å². The molecule has 3 rings (SSSR count). The van der Waals surface area contributed by atoms with Gasteiger partial charge in [-0.3, -0.25) is 4.79 Å². The SMILES string of the molecule is COC(=O)[C@H]1CC[C@H](N(C)C(=O)N2CCN(c3ccc(C#N)cn3)CC2)CC1. The number of carbonyl (C=O) groups is 2. The number of pyridine rings is 1. The van der Waals surface area contributed by atoms with Gasteiger partial charge < -0.3 is 19.4 Å². The van der Waals surface area contributed by atoms with Crippen LogP contribution in [0.3, 0.4) is 0 Å². The Morgan fingerprint density at radius 2 is 1.86 bits per heavy atom. The van der Waals surface area contributed by atoms with E-state index in [1.807, 2.05) is 22.9 Å². The second-order valence-electron chi connectivity index (χ2n) is 7.41. The normalized spacial score (nSPS) is 22.3. The van der Waals surface area contributed by atoms with E-state index in [1.165, 1.54) is 7.11 Å². The highest BCUT2D eigenvalue weighted by Crippen LogP contribution is 2.28. The number of methoxy groups -OCH3 is 1. The number of ether oxygens (including phenoxy) is 1. The van der Waals surface area contributed by atoms with Gasteiger partial charge in [0, 0.05) is 45.5 Å². The second kappa shape index (κ2) is 8.91. The average molecular weight is 385 g/mol. The first-order valence-corrected chi connectivity index (χ1v) is 9.74. The molecule has 28 heavy (non-hydrogen) atoms. The maximum atomic E-state index is 12.9. The van der Waals surface area contributed by atoms with E-state index >= 15 is 0 Å². The Balaban J connectivity index is 1.49. The molecule has 1 aliphatic carbocycles. The highest BCUT2D eigenvalue weighted by Gasteiger charge is 2.32. The molecule has 8 heteroatoms. The molecule has 0 N–H and O–H groups in total. The number of anilines is 1.